The molecular weight excluding hydrogens is 264 g/mol. The van der Waals surface area contributed by atoms with Crippen molar-refractivity contribution >= 4 is 22.4 Å². The highest BCUT2D eigenvalue weighted by Crippen LogP contribution is 2.54. The molecule has 0 bridgehead atoms. The second-order valence-electron chi connectivity index (χ2n) is 6.29. The van der Waals surface area contributed by atoms with E-state index < -0.39 is 0 Å². The zero-order chi connectivity index (χ0) is 14.6. The molecule has 1 atom stereocenters. The van der Waals surface area contributed by atoms with E-state index >= 15 is 0 Å². The second kappa shape index (κ2) is 4.20. The molecule has 0 N–H and O–H groups in total. The van der Waals surface area contributed by atoms with Gasteiger partial charge in [0.25, 0.3) is 0 Å². The summed E-state index contributed by atoms with van der Waals surface area (Å²) < 4.78 is 0. The molecular formula is C22H16. The molecule has 0 heteroatoms. The third-order valence-corrected chi connectivity index (χ3v) is 5.12. The van der Waals surface area contributed by atoms with Crippen molar-refractivity contribution in [3.8, 4) is 0 Å². The highest BCUT2D eigenvalue weighted by Gasteiger charge is 2.39. The minimum Gasteiger partial charge on any atom is -0.0830 e. The van der Waals surface area contributed by atoms with E-state index in [0.717, 1.165) is 6.42 Å². The first-order chi connectivity index (χ1) is 10.9. The van der Waals surface area contributed by atoms with E-state index in [4.69, 9.17) is 0 Å². The zero-order valence-electron chi connectivity index (χ0n) is 12.3. The maximum atomic E-state index is 2.37. The van der Waals surface area contributed by atoms with Gasteiger partial charge >= 0.3 is 0 Å². The van der Waals surface area contributed by atoms with Gasteiger partial charge in [0.15, 0.2) is 0 Å². The molecule has 1 unspecified atom stereocenters. The van der Waals surface area contributed by atoms with Crippen LogP contribution >= 0.6 is 0 Å². The highest BCUT2D eigenvalue weighted by atomic mass is 14.4. The molecule has 5 rings (SSSR count). The Morgan fingerprint density at radius 1 is 0.909 bits per heavy atom. The first-order valence-electron chi connectivity index (χ1n) is 7.85. The number of rotatable bonds is 0. The Labute approximate surface area is 130 Å². The summed E-state index contributed by atoms with van der Waals surface area (Å²) in [5.41, 5.74) is 5.61. The van der Waals surface area contributed by atoms with Crippen LogP contribution in [0.25, 0.3) is 22.4 Å². The molecule has 22 heavy (non-hydrogen) atoms. The summed E-state index contributed by atoms with van der Waals surface area (Å²) in [6.45, 7) is 0. The summed E-state index contributed by atoms with van der Waals surface area (Å²) in [6, 6.07) is 13.3. The lowest BCUT2D eigenvalue weighted by atomic mass is 9.62. The molecule has 0 aromatic heterocycles. The fraction of sp³-hybridized carbons (Fsp3) is 0.0909. The van der Waals surface area contributed by atoms with Crippen LogP contribution in [0.2, 0.25) is 0 Å². The van der Waals surface area contributed by atoms with Crippen LogP contribution in [-0.4, -0.2) is 0 Å². The van der Waals surface area contributed by atoms with Gasteiger partial charge in [-0.05, 0) is 57.7 Å². The van der Waals surface area contributed by atoms with Gasteiger partial charge in [0.2, 0.25) is 0 Å². The Kier molecular flexibility index (Phi) is 2.29. The number of benzene rings is 2. The summed E-state index contributed by atoms with van der Waals surface area (Å²) in [5, 5.41) is 2.63. The second-order valence-corrected chi connectivity index (χ2v) is 6.29. The Balaban J connectivity index is 1.88. The van der Waals surface area contributed by atoms with Crippen LogP contribution in [0.1, 0.15) is 17.5 Å². The average Bonchev–Trinajstić information content (AvgIpc) is 2.57. The van der Waals surface area contributed by atoms with Gasteiger partial charge in [0.05, 0.1) is 0 Å². The van der Waals surface area contributed by atoms with Crippen molar-refractivity contribution in [1.82, 2.24) is 0 Å². The van der Waals surface area contributed by atoms with Crippen molar-refractivity contribution in [1.29, 1.82) is 0 Å². The van der Waals surface area contributed by atoms with Crippen LogP contribution in [0.3, 0.4) is 0 Å². The smallest absolute Gasteiger partial charge is 0.0425 e. The predicted molar refractivity (Wildman–Crippen MR) is 94.4 cm³/mol. The number of allylic oxidation sites excluding steroid dienone is 9. The van der Waals surface area contributed by atoms with Gasteiger partial charge < -0.3 is 0 Å². The van der Waals surface area contributed by atoms with Crippen molar-refractivity contribution in [3.63, 3.8) is 0 Å². The Morgan fingerprint density at radius 3 is 2.68 bits per heavy atom. The number of hydrogen-bond acceptors (Lipinski definition) is 0. The largest absolute Gasteiger partial charge is 0.0830 e. The molecule has 104 valence electrons. The third kappa shape index (κ3) is 1.47. The SMILES string of the molecule is C1=CCC23C=CC=CC2=Cc2cc4ccccc4cc2C3=C1. The summed E-state index contributed by atoms with van der Waals surface area (Å²) in [5.74, 6) is 0. The van der Waals surface area contributed by atoms with E-state index in [1.807, 2.05) is 0 Å². The number of fused-ring (bicyclic) bond motifs is 3. The maximum Gasteiger partial charge on any atom is 0.0425 e. The first kappa shape index (κ1) is 12.0. The monoisotopic (exact) mass is 280 g/mol. The molecule has 0 aliphatic heterocycles. The van der Waals surface area contributed by atoms with Crippen LogP contribution in [0.4, 0.5) is 0 Å². The topological polar surface area (TPSA) is 0 Å². The van der Waals surface area contributed by atoms with Crippen molar-refractivity contribution in [2.75, 3.05) is 0 Å². The van der Waals surface area contributed by atoms with Gasteiger partial charge in [-0.1, -0.05) is 66.8 Å². The molecule has 0 fully saturated rings. The van der Waals surface area contributed by atoms with E-state index in [2.05, 4.69) is 85.0 Å². The normalized spacial score (nSPS) is 24.4. The molecule has 0 heterocycles. The van der Waals surface area contributed by atoms with Crippen LogP contribution in [0.5, 0.6) is 0 Å². The van der Waals surface area contributed by atoms with Crippen LogP contribution < -0.4 is 0 Å². The summed E-state index contributed by atoms with van der Waals surface area (Å²) in [7, 11) is 0. The molecule has 3 aliphatic rings. The lowest BCUT2D eigenvalue weighted by molar-refractivity contribution is 0.623. The zero-order valence-corrected chi connectivity index (χ0v) is 12.3. The van der Waals surface area contributed by atoms with Gasteiger partial charge in [-0.25, -0.2) is 0 Å². The molecule has 1 spiro atoms. The van der Waals surface area contributed by atoms with Crippen molar-refractivity contribution in [2.24, 2.45) is 5.41 Å². The Hall–Kier alpha value is -2.60. The first-order valence-corrected chi connectivity index (χ1v) is 7.85. The molecule has 0 saturated heterocycles. The molecule has 0 radical (unpaired) electrons. The highest BCUT2D eigenvalue weighted by molar-refractivity contribution is 5.96. The van der Waals surface area contributed by atoms with Gasteiger partial charge in [-0.2, -0.15) is 0 Å². The molecule has 0 nitrogen and oxygen atoms in total. The van der Waals surface area contributed by atoms with Crippen molar-refractivity contribution < 1.29 is 0 Å². The van der Waals surface area contributed by atoms with E-state index in [-0.39, 0.29) is 5.41 Å². The van der Waals surface area contributed by atoms with Crippen LogP contribution in [-0.2, 0) is 0 Å². The summed E-state index contributed by atoms with van der Waals surface area (Å²) >= 11 is 0. The molecule has 2 aromatic carbocycles. The fourth-order valence-corrected chi connectivity index (χ4v) is 4.02. The molecule has 3 aliphatic carbocycles. The average molecular weight is 280 g/mol. The number of hydrogen-bond donors (Lipinski definition) is 0. The van der Waals surface area contributed by atoms with Gasteiger partial charge in [-0.15, -0.1) is 0 Å². The minimum atomic E-state index is 0.0406. The van der Waals surface area contributed by atoms with Crippen molar-refractivity contribution in [3.05, 3.63) is 95.6 Å². The van der Waals surface area contributed by atoms with E-state index in [1.54, 1.807) is 0 Å². The minimum absolute atomic E-state index is 0.0406. The standard InChI is InChI=1S/C22H16/c1-2-8-17-15-20-18(13-16(17)7-1)14-19-9-3-5-11-22(19)12-6-4-10-21(20)22/h1-11,13-15H,12H2. The Morgan fingerprint density at radius 2 is 1.77 bits per heavy atom. The quantitative estimate of drug-likeness (QED) is 0.581. The van der Waals surface area contributed by atoms with E-state index in [0.29, 0.717) is 0 Å². The van der Waals surface area contributed by atoms with Crippen LogP contribution in [0, 0.1) is 5.41 Å². The molecule has 2 aromatic rings. The fourth-order valence-electron chi connectivity index (χ4n) is 4.02. The lowest BCUT2D eigenvalue weighted by Gasteiger charge is -2.41. The molecule has 0 saturated carbocycles. The van der Waals surface area contributed by atoms with E-state index in [9.17, 15) is 0 Å². The van der Waals surface area contributed by atoms with Crippen LogP contribution in [0.15, 0.2) is 84.5 Å². The summed E-state index contributed by atoms with van der Waals surface area (Å²) in [4.78, 5) is 0. The van der Waals surface area contributed by atoms with E-state index in [1.165, 1.54) is 33.0 Å². The van der Waals surface area contributed by atoms with Gasteiger partial charge in [0.1, 0.15) is 0 Å². The molecule has 0 amide bonds. The predicted octanol–water partition coefficient (Wildman–Crippen LogP) is 5.69. The van der Waals surface area contributed by atoms with Gasteiger partial charge in [-0.3, -0.25) is 0 Å². The van der Waals surface area contributed by atoms with Crippen molar-refractivity contribution in [2.45, 2.75) is 6.42 Å². The summed E-state index contributed by atoms with van der Waals surface area (Å²) in [6.07, 6.45) is 19.2. The van der Waals surface area contributed by atoms with Gasteiger partial charge in [0, 0.05) is 5.41 Å². The maximum absolute atomic E-state index is 2.37. The Bertz CT molecular complexity index is 947. The third-order valence-electron chi connectivity index (χ3n) is 5.12. The lowest BCUT2D eigenvalue weighted by Crippen LogP contribution is -2.27.